The van der Waals surface area contributed by atoms with Crippen molar-refractivity contribution in [1.29, 1.82) is 0 Å². The van der Waals surface area contributed by atoms with Crippen molar-refractivity contribution in [3.05, 3.63) is 12.2 Å². The second-order valence-corrected chi connectivity index (χ2v) is 7.65. The van der Waals surface area contributed by atoms with Crippen LogP contribution in [0, 0.1) is 5.92 Å². The van der Waals surface area contributed by atoms with Crippen LogP contribution < -0.4 is 5.32 Å². The summed E-state index contributed by atoms with van der Waals surface area (Å²) in [7, 11) is 0. The molecule has 3 rings (SSSR count). The third kappa shape index (κ3) is 4.22. The predicted molar refractivity (Wildman–Crippen MR) is 97.6 cm³/mol. The molecule has 2 fully saturated rings. The number of Topliss-reactive ketones (excluding diaryl/α,β-unsaturated/α-hetero) is 1. The SMILES string of the molecule is CCOC(=O)[C@@]12C[C@H]1/C=C\CCCCCCC(=O)N1CC(=O)C[C@H]1C(=O)N2. The zero-order valence-electron chi connectivity index (χ0n) is 15.9. The van der Waals surface area contributed by atoms with Gasteiger partial charge in [0, 0.05) is 18.8 Å². The highest BCUT2D eigenvalue weighted by atomic mass is 16.5. The maximum Gasteiger partial charge on any atom is 0.332 e. The van der Waals surface area contributed by atoms with E-state index in [1.165, 1.54) is 4.90 Å². The van der Waals surface area contributed by atoms with Crippen molar-refractivity contribution in [2.75, 3.05) is 13.2 Å². The lowest BCUT2D eigenvalue weighted by Crippen LogP contribution is -2.53. The molecule has 2 heterocycles. The number of carbonyl (C=O) groups is 4. The molecule has 2 amide bonds. The number of nitrogens with one attached hydrogen (secondary N) is 1. The minimum absolute atomic E-state index is 0.0109. The topological polar surface area (TPSA) is 92.8 Å². The largest absolute Gasteiger partial charge is 0.464 e. The van der Waals surface area contributed by atoms with E-state index in [0.717, 1.165) is 32.1 Å². The van der Waals surface area contributed by atoms with Gasteiger partial charge >= 0.3 is 5.97 Å². The lowest BCUT2D eigenvalue weighted by Gasteiger charge is -2.25. The Morgan fingerprint density at radius 2 is 2.04 bits per heavy atom. The van der Waals surface area contributed by atoms with E-state index in [1.54, 1.807) is 6.92 Å². The summed E-state index contributed by atoms with van der Waals surface area (Å²) < 4.78 is 5.18. The van der Waals surface area contributed by atoms with Gasteiger partial charge in [-0.15, -0.1) is 0 Å². The molecule has 0 bridgehead atoms. The molecule has 1 saturated heterocycles. The minimum atomic E-state index is -1.07. The highest BCUT2D eigenvalue weighted by Crippen LogP contribution is 2.46. The first-order chi connectivity index (χ1) is 13.0. The molecule has 3 atom stereocenters. The maximum absolute atomic E-state index is 12.9. The Morgan fingerprint density at radius 3 is 2.81 bits per heavy atom. The number of carbonyl (C=O) groups excluding carboxylic acids is 4. The number of nitrogens with zero attached hydrogens (tertiary/aromatic N) is 1. The number of allylic oxidation sites excluding steroid dienone is 1. The van der Waals surface area contributed by atoms with Crippen LogP contribution in [0.2, 0.25) is 0 Å². The van der Waals surface area contributed by atoms with Crippen LogP contribution in [-0.2, 0) is 23.9 Å². The van der Waals surface area contributed by atoms with Crippen molar-refractivity contribution >= 4 is 23.6 Å². The van der Waals surface area contributed by atoms with Crippen LogP contribution in [0.3, 0.4) is 0 Å². The molecule has 148 valence electrons. The lowest BCUT2D eigenvalue weighted by molar-refractivity contribution is -0.150. The van der Waals surface area contributed by atoms with Gasteiger partial charge in [-0.25, -0.2) is 4.79 Å². The molecule has 0 spiro atoms. The second kappa shape index (κ2) is 8.23. The molecule has 1 aliphatic carbocycles. The summed E-state index contributed by atoms with van der Waals surface area (Å²) >= 11 is 0. The van der Waals surface area contributed by atoms with E-state index in [0.29, 0.717) is 12.8 Å². The number of fused-ring (bicyclic) bond motifs is 2. The molecule has 0 unspecified atom stereocenters. The molecule has 3 aliphatic rings. The van der Waals surface area contributed by atoms with Gasteiger partial charge in [-0.3, -0.25) is 14.4 Å². The summed E-state index contributed by atoms with van der Waals surface area (Å²) in [6.45, 7) is 1.94. The molecule has 1 saturated carbocycles. The molecule has 7 nitrogen and oxygen atoms in total. The van der Waals surface area contributed by atoms with Gasteiger partial charge in [0.2, 0.25) is 11.8 Å². The highest BCUT2D eigenvalue weighted by Gasteiger charge is 2.62. The van der Waals surface area contributed by atoms with Gasteiger partial charge in [0.05, 0.1) is 13.2 Å². The summed E-state index contributed by atoms with van der Waals surface area (Å²) in [6.07, 6.45) is 9.59. The number of hydrogen-bond acceptors (Lipinski definition) is 5. The Bertz CT molecular complexity index is 659. The zero-order valence-corrected chi connectivity index (χ0v) is 15.9. The molecule has 1 N–H and O–H groups in total. The Balaban J connectivity index is 1.82. The number of hydrogen-bond donors (Lipinski definition) is 1. The maximum atomic E-state index is 12.9. The normalized spacial score (nSPS) is 33.2. The molecule has 7 heteroatoms. The van der Waals surface area contributed by atoms with Gasteiger partial charge in [0.15, 0.2) is 5.78 Å². The second-order valence-electron chi connectivity index (χ2n) is 7.65. The molecule has 27 heavy (non-hydrogen) atoms. The van der Waals surface area contributed by atoms with Crippen LogP contribution in [0.15, 0.2) is 12.2 Å². The first-order valence-electron chi connectivity index (χ1n) is 9.95. The van der Waals surface area contributed by atoms with Gasteiger partial charge in [-0.2, -0.15) is 0 Å². The van der Waals surface area contributed by atoms with Crippen LogP contribution in [0.25, 0.3) is 0 Å². The fraction of sp³-hybridized carbons (Fsp3) is 0.700. The smallest absolute Gasteiger partial charge is 0.332 e. The molecule has 0 aromatic rings. The van der Waals surface area contributed by atoms with Crippen molar-refractivity contribution in [2.45, 2.75) is 69.9 Å². The Kier molecular flexibility index (Phi) is 5.97. The zero-order chi connectivity index (χ0) is 19.4. The lowest BCUT2D eigenvalue weighted by atomic mass is 10.1. The predicted octanol–water partition coefficient (Wildman–Crippen LogP) is 1.50. The standard InChI is InChI=1S/C20H28N2O5/c1-2-27-19(26)20-12-14(20)9-7-5-3-4-6-8-10-17(24)22-13-15(23)11-16(22)18(25)21-20/h7,9,14,16H,2-6,8,10-13H2,1H3,(H,21,25)/b9-7-/t14-,16+,20-/m1/s1. The van der Waals surface area contributed by atoms with E-state index in [4.69, 9.17) is 4.74 Å². The van der Waals surface area contributed by atoms with Gasteiger partial charge in [0.1, 0.15) is 11.6 Å². The molecule has 0 aromatic carbocycles. The monoisotopic (exact) mass is 376 g/mol. The van der Waals surface area contributed by atoms with Crippen molar-refractivity contribution in [3.8, 4) is 0 Å². The number of ether oxygens (including phenoxy) is 1. The third-order valence-electron chi connectivity index (χ3n) is 5.65. The highest BCUT2D eigenvalue weighted by molar-refractivity contribution is 6.01. The van der Waals surface area contributed by atoms with Gasteiger partial charge in [-0.05, 0) is 32.6 Å². The van der Waals surface area contributed by atoms with Crippen LogP contribution in [0.1, 0.15) is 58.3 Å². The van der Waals surface area contributed by atoms with Crippen LogP contribution in [0.5, 0.6) is 0 Å². The summed E-state index contributed by atoms with van der Waals surface area (Å²) in [6, 6.07) is -0.827. The minimum Gasteiger partial charge on any atom is -0.464 e. The van der Waals surface area contributed by atoms with Crippen LogP contribution >= 0.6 is 0 Å². The average molecular weight is 376 g/mol. The fourth-order valence-electron chi connectivity index (χ4n) is 4.00. The average Bonchev–Trinajstić information content (AvgIpc) is 3.18. The number of esters is 1. The van der Waals surface area contributed by atoms with Crippen molar-refractivity contribution in [1.82, 2.24) is 10.2 Å². The van der Waals surface area contributed by atoms with E-state index in [2.05, 4.69) is 11.4 Å². The summed E-state index contributed by atoms with van der Waals surface area (Å²) in [5, 5.41) is 2.82. The Labute approximate surface area is 159 Å². The van der Waals surface area contributed by atoms with Gasteiger partial charge < -0.3 is 15.0 Å². The number of amides is 2. The van der Waals surface area contributed by atoms with Crippen LogP contribution in [-0.4, -0.2) is 53.2 Å². The van der Waals surface area contributed by atoms with E-state index in [1.807, 2.05) is 6.08 Å². The number of ketones is 1. The summed E-state index contributed by atoms with van der Waals surface area (Å²) in [5.74, 6) is -1.27. The third-order valence-corrected chi connectivity index (χ3v) is 5.65. The fourth-order valence-corrected chi connectivity index (χ4v) is 4.00. The van der Waals surface area contributed by atoms with Crippen molar-refractivity contribution in [2.24, 2.45) is 5.92 Å². The quantitative estimate of drug-likeness (QED) is 0.582. The van der Waals surface area contributed by atoms with E-state index in [9.17, 15) is 19.2 Å². The number of rotatable bonds is 2. The first-order valence-corrected chi connectivity index (χ1v) is 9.95. The molecule has 2 aliphatic heterocycles. The van der Waals surface area contributed by atoms with E-state index < -0.39 is 23.5 Å². The molecular weight excluding hydrogens is 348 g/mol. The van der Waals surface area contributed by atoms with Gasteiger partial charge in [-0.1, -0.05) is 25.0 Å². The van der Waals surface area contributed by atoms with Crippen LogP contribution in [0.4, 0.5) is 0 Å². The summed E-state index contributed by atoms with van der Waals surface area (Å²) in [5.41, 5.74) is -1.07. The Hall–Kier alpha value is -2.18. The van der Waals surface area contributed by atoms with Crippen molar-refractivity contribution in [3.63, 3.8) is 0 Å². The van der Waals surface area contributed by atoms with Crippen molar-refractivity contribution < 1.29 is 23.9 Å². The van der Waals surface area contributed by atoms with E-state index in [-0.39, 0.29) is 37.2 Å². The van der Waals surface area contributed by atoms with Gasteiger partial charge in [0.25, 0.3) is 0 Å². The van der Waals surface area contributed by atoms with E-state index >= 15 is 0 Å². The molecule has 0 radical (unpaired) electrons. The Morgan fingerprint density at radius 1 is 1.26 bits per heavy atom. The molecular formula is C20H28N2O5. The first kappa shape index (κ1) is 19.6. The molecule has 0 aromatic heterocycles. The summed E-state index contributed by atoms with van der Waals surface area (Å²) in [4.78, 5) is 51.2.